The zero-order valence-corrected chi connectivity index (χ0v) is 32.3. The smallest absolute Gasteiger partial charge is 0.303 e. The van der Waals surface area contributed by atoms with Crippen molar-refractivity contribution in [3.05, 3.63) is 23.8 Å². The Morgan fingerprint density at radius 2 is 1.33 bits per heavy atom. The maximum Gasteiger partial charge on any atom is 0.303 e. The Morgan fingerprint density at radius 3 is 1.92 bits per heavy atom. The number of ether oxygens (including phenoxy) is 7. The van der Waals surface area contributed by atoms with Gasteiger partial charge in [-0.25, -0.2) is 0 Å². The molecular formula is C40H62O11. The lowest BCUT2D eigenvalue weighted by molar-refractivity contribution is -0.288. The Hall–Kier alpha value is -3.34. The zero-order chi connectivity index (χ0) is 37.7. The van der Waals surface area contributed by atoms with Crippen LogP contribution in [0.5, 0.6) is 11.5 Å². The third-order valence-electron chi connectivity index (χ3n) is 9.79. The molecule has 0 radical (unpaired) electrons. The number of carbonyl (C=O) groups is 4. The first-order valence-corrected chi connectivity index (χ1v) is 18.8. The van der Waals surface area contributed by atoms with Crippen molar-refractivity contribution in [2.24, 2.45) is 17.8 Å². The van der Waals surface area contributed by atoms with Crippen LogP contribution < -0.4 is 9.47 Å². The summed E-state index contributed by atoms with van der Waals surface area (Å²) in [6.07, 6.45) is 6.57. The summed E-state index contributed by atoms with van der Waals surface area (Å²) in [5.41, 5.74) is 0.700. The second kappa shape index (κ2) is 20.0. The molecule has 11 nitrogen and oxygen atoms in total. The molecule has 1 saturated heterocycles. The number of esters is 4. The molecule has 288 valence electrons. The lowest BCUT2D eigenvalue weighted by Gasteiger charge is -2.44. The van der Waals surface area contributed by atoms with E-state index in [-0.39, 0.29) is 12.2 Å². The molecular weight excluding hydrogens is 656 g/mol. The quantitative estimate of drug-likeness (QED) is 0.103. The third kappa shape index (κ3) is 14.3. The number of rotatable bonds is 19. The molecule has 0 aromatic heterocycles. The minimum atomic E-state index is -1.31. The van der Waals surface area contributed by atoms with Crippen molar-refractivity contribution >= 4 is 23.9 Å². The molecule has 3 rings (SSSR count). The van der Waals surface area contributed by atoms with Gasteiger partial charge in [-0.1, -0.05) is 72.6 Å². The molecule has 0 spiro atoms. The summed E-state index contributed by atoms with van der Waals surface area (Å²) in [7, 11) is 0. The van der Waals surface area contributed by atoms with Gasteiger partial charge in [0.15, 0.2) is 12.2 Å². The molecule has 0 aliphatic carbocycles. The van der Waals surface area contributed by atoms with Gasteiger partial charge in [0.05, 0.1) is 0 Å². The summed E-state index contributed by atoms with van der Waals surface area (Å²) in [5, 5.41) is 0. The van der Waals surface area contributed by atoms with E-state index in [0.717, 1.165) is 48.8 Å². The van der Waals surface area contributed by atoms with Crippen molar-refractivity contribution in [2.45, 2.75) is 169 Å². The molecule has 2 heterocycles. The molecule has 1 unspecified atom stereocenters. The predicted molar refractivity (Wildman–Crippen MR) is 191 cm³/mol. The van der Waals surface area contributed by atoms with Crippen LogP contribution in [0.4, 0.5) is 0 Å². The van der Waals surface area contributed by atoms with E-state index in [9.17, 15) is 19.2 Å². The average Bonchev–Trinajstić information content (AvgIpc) is 3.02. The highest BCUT2D eigenvalue weighted by Crippen LogP contribution is 2.39. The van der Waals surface area contributed by atoms with Gasteiger partial charge in [0.25, 0.3) is 0 Å². The molecule has 51 heavy (non-hydrogen) atoms. The van der Waals surface area contributed by atoms with Crippen LogP contribution in [0.1, 0.15) is 132 Å². The number of fused-ring (bicyclic) bond motifs is 1. The number of carbonyl (C=O) groups excluding carboxylic acids is 4. The summed E-state index contributed by atoms with van der Waals surface area (Å²) < 4.78 is 40.5. The molecule has 1 aromatic rings. The van der Waals surface area contributed by atoms with E-state index < -0.39 is 54.6 Å². The molecule has 1 aromatic carbocycles. The SMILES string of the molecule is CC(=O)OC[C@H]1O[C@H](Oc2ccc3c(c2)CCC(C)(CCC[C@H](C)CCC[C@H](C)CCCC(C)C)O3)[C@H](OC(C)=O)[C@@H](OC(C)=O)[C@@H]1OC(C)=O. The Morgan fingerprint density at radius 1 is 0.765 bits per heavy atom. The van der Waals surface area contributed by atoms with Crippen LogP contribution in [0.3, 0.4) is 0 Å². The maximum atomic E-state index is 12.2. The third-order valence-corrected chi connectivity index (χ3v) is 9.79. The topological polar surface area (TPSA) is 133 Å². The van der Waals surface area contributed by atoms with Gasteiger partial charge in [-0.2, -0.15) is 0 Å². The minimum Gasteiger partial charge on any atom is -0.487 e. The molecule has 2 aliphatic heterocycles. The largest absolute Gasteiger partial charge is 0.487 e. The van der Waals surface area contributed by atoms with Crippen LogP contribution in [0, 0.1) is 17.8 Å². The zero-order valence-electron chi connectivity index (χ0n) is 32.3. The maximum absolute atomic E-state index is 12.2. The summed E-state index contributed by atoms with van der Waals surface area (Å²) in [6.45, 7) is 16.0. The van der Waals surface area contributed by atoms with Gasteiger partial charge in [-0.3, -0.25) is 19.2 Å². The number of hydrogen-bond acceptors (Lipinski definition) is 11. The highest BCUT2D eigenvalue weighted by molar-refractivity contribution is 5.68. The van der Waals surface area contributed by atoms with Crippen molar-refractivity contribution in [3.8, 4) is 11.5 Å². The van der Waals surface area contributed by atoms with E-state index in [0.29, 0.717) is 11.7 Å². The van der Waals surface area contributed by atoms with Crippen LogP contribution in [-0.4, -0.2) is 66.8 Å². The molecule has 2 aliphatic rings. The molecule has 0 amide bonds. The second-order valence-corrected chi connectivity index (χ2v) is 15.4. The van der Waals surface area contributed by atoms with Crippen molar-refractivity contribution < 1.29 is 52.3 Å². The molecule has 0 bridgehead atoms. The molecule has 0 saturated carbocycles. The molecule has 8 atom stereocenters. The summed E-state index contributed by atoms with van der Waals surface area (Å²) in [4.78, 5) is 48.0. The monoisotopic (exact) mass is 718 g/mol. The van der Waals surface area contributed by atoms with E-state index in [1.54, 1.807) is 6.07 Å². The first-order valence-electron chi connectivity index (χ1n) is 18.8. The standard InChI is InChI=1S/C40H62O11/c1-25(2)13-10-14-26(3)15-11-16-27(4)17-12-21-40(9)22-20-32-23-33(18-19-34(32)51-40)49-39-38(48-31(8)44)37(47-30(7)43)36(46-29(6)42)35(50-39)24-45-28(5)41/h18-19,23,25-27,35-39H,10-17,20-22,24H2,1-9H3/t26-,27-,35-,36-,37+,38-,39+,40?/m1/s1. The van der Waals surface area contributed by atoms with Crippen molar-refractivity contribution in [2.75, 3.05) is 6.61 Å². The fourth-order valence-electron chi connectivity index (χ4n) is 7.04. The van der Waals surface area contributed by atoms with E-state index in [4.69, 9.17) is 33.2 Å². The van der Waals surface area contributed by atoms with E-state index in [1.165, 1.54) is 72.6 Å². The fourth-order valence-corrected chi connectivity index (χ4v) is 7.04. The summed E-state index contributed by atoms with van der Waals surface area (Å²) >= 11 is 0. The average molecular weight is 719 g/mol. The van der Waals surface area contributed by atoms with Gasteiger partial charge >= 0.3 is 23.9 Å². The normalized spacial score (nSPS) is 25.5. The Bertz CT molecular complexity index is 1290. The van der Waals surface area contributed by atoms with Gasteiger partial charge in [0.2, 0.25) is 12.4 Å². The van der Waals surface area contributed by atoms with E-state index in [1.807, 2.05) is 12.1 Å². The van der Waals surface area contributed by atoms with Gasteiger partial charge in [0, 0.05) is 27.7 Å². The van der Waals surface area contributed by atoms with Crippen LogP contribution in [0.15, 0.2) is 18.2 Å². The highest BCUT2D eigenvalue weighted by Gasteiger charge is 2.53. The molecule has 0 N–H and O–H groups in total. The van der Waals surface area contributed by atoms with Gasteiger partial charge in [-0.15, -0.1) is 0 Å². The van der Waals surface area contributed by atoms with Crippen LogP contribution in [0.2, 0.25) is 0 Å². The van der Waals surface area contributed by atoms with E-state index in [2.05, 4.69) is 34.6 Å². The fraction of sp³-hybridized carbons (Fsp3) is 0.750. The number of benzene rings is 1. The Balaban J connectivity index is 1.63. The Labute approximate surface area is 304 Å². The van der Waals surface area contributed by atoms with Crippen molar-refractivity contribution in [1.82, 2.24) is 0 Å². The lowest BCUT2D eigenvalue weighted by atomic mass is 9.86. The van der Waals surface area contributed by atoms with Gasteiger partial charge < -0.3 is 33.2 Å². The molecule has 11 heteroatoms. The second-order valence-electron chi connectivity index (χ2n) is 15.4. The minimum absolute atomic E-state index is 0.264. The van der Waals surface area contributed by atoms with Gasteiger partial charge in [0.1, 0.15) is 29.8 Å². The van der Waals surface area contributed by atoms with E-state index >= 15 is 0 Å². The highest BCUT2D eigenvalue weighted by atomic mass is 16.7. The summed E-state index contributed by atoms with van der Waals surface area (Å²) in [6, 6.07) is 5.46. The first-order chi connectivity index (χ1) is 24.0. The van der Waals surface area contributed by atoms with Crippen LogP contribution in [0.25, 0.3) is 0 Å². The van der Waals surface area contributed by atoms with Crippen LogP contribution >= 0.6 is 0 Å². The lowest BCUT2D eigenvalue weighted by Crippen LogP contribution is -2.63. The summed E-state index contributed by atoms with van der Waals surface area (Å²) in [5.74, 6) is 0.813. The predicted octanol–water partition coefficient (Wildman–Crippen LogP) is 7.67. The molecule has 1 fully saturated rings. The number of aryl methyl sites for hydroxylation is 1. The van der Waals surface area contributed by atoms with Crippen molar-refractivity contribution in [3.63, 3.8) is 0 Å². The van der Waals surface area contributed by atoms with Gasteiger partial charge in [-0.05, 0) is 74.1 Å². The number of hydrogen-bond donors (Lipinski definition) is 0. The van der Waals surface area contributed by atoms with Crippen molar-refractivity contribution in [1.29, 1.82) is 0 Å². The van der Waals surface area contributed by atoms with Crippen LogP contribution in [-0.2, 0) is 49.3 Å². The first kappa shape index (κ1) is 42.1. The Kier molecular flexibility index (Phi) is 16.5.